The van der Waals surface area contributed by atoms with Gasteiger partial charge in [-0.3, -0.25) is 4.79 Å². The van der Waals surface area contributed by atoms with Gasteiger partial charge >= 0.3 is 5.97 Å². The van der Waals surface area contributed by atoms with E-state index in [0.29, 0.717) is 30.0 Å². The van der Waals surface area contributed by atoms with Gasteiger partial charge in [0.15, 0.2) is 0 Å². The number of allylic oxidation sites excluding steroid dienone is 1. The normalized spacial score (nSPS) is 23.4. The van der Waals surface area contributed by atoms with Crippen LogP contribution in [0.15, 0.2) is 36.4 Å². The van der Waals surface area contributed by atoms with Gasteiger partial charge in [-0.2, -0.15) is 0 Å². The second-order valence-electron chi connectivity index (χ2n) is 7.19. The Hall–Kier alpha value is -1.19. The van der Waals surface area contributed by atoms with E-state index in [1.807, 2.05) is 0 Å². The summed E-state index contributed by atoms with van der Waals surface area (Å²) in [7, 11) is 0. The monoisotopic (exact) mass is 395 g/mol. The lowest BCUT2D eigenvalue weighted by Crippen LogP contribution is -2.27. The van der Waals surface area contributed by atoms with Gasteiger partial charge in [-0.1, -0.05) is 24.3 Å². The molecule has 3 rings (SSSR count). The van der Waals surface area contributed by atoms with E-state index < -0.39 is 0 Å². The summed E-state index contributed by atoms with van der Waals surface area (Å²) < 4.78 is 5.67. The highest BCUT2D eigenvalue weighted by atomic mass is 35.5. The first kappa shape index (κ1) is 19.6. The molecule has 0 heterocycles. The highest BCUT2D eigenvalue weighted by molar-refractivity contribution is 6.18. The smallest absolute Gasteiger partial charge is 0.306 e. The number of ether oxygens (including phenoxy) is 1. The molecule has 0 radical (unpaired) electrons. The van der Waals surface area contributed by atoms with Crippen LogP contribution < -0.4 is 4.90 Å². The molecule has 26 heavy (non-hydrogen) atoms. The summed E-state index contributed by atoms with van der Waals surface area (Å²) in [6.45, 7) is 1.58. The molecule has 2 bridgehead atoms. The lowest BCUT2D eigenvalue weighted by molar-refractivity contribution is -0.150. The Morgan fingerprint density at radius 3 is 2.38 bits per heavy atom. The molecule has 0 saturated heterocycles. The second-order valence-corrected chi connectivity index (χ2v) is 7.95. The quantitative estimate of drug-likeness (QED) is 0.323. The molecule has 1 fully saturated rings. The van der Waals surface area contributed by atoms with E-state index >= 15 is 0 Å². The Morgan fingerprint density at radius 1 is 1.08 bits per heavy atom. The van der Waals surface area contributed by atoms with Crippen LogP contribution in [0.1, 0.15) is 31.2 Å². The molecular weight excluding hydrogens is 369 g/mol. The van der Waals surface area contributed by atoms with Crippen molar-refractivity contribution in [3.63, 3.8) is 0 Å². The lowest BCUT2D eigenvalue weighted by atomic mass is 10.0. The molecule has 5 heteroatoms. The third-order valence-electron chi connectivity index (χ3n) is 5.36. The number of fused-ring (bicyclic) bond motifs is 2. The average molecular weight is 396 g/mol. The number of carbonyl (C=O) groups is 1. The lowest BCUT2D eigenvalue weighted by Gasteiger charge is -2.23. The fourth-order valence-corrected chi connectivity index (χ4v) is 4.39. The summed E-state index contributed by atoms with van der Waals surface area (Å²) in [6.07, 6.45) is 8.96. The largest absolute Gasteiger partial charge is 0.462 e. The highest BCUT2D eigenvalue weighted by Crippen LogP contribution is 2.40. The minimum absolute atomic E-state index is 0.0528. The topological polar surface area (TPSA) is 29.5 Å². The van der Waals surface area contributed by atoms with Gasteiger partial charge < -0.3 is 9.64 Å². The van der Waals surface area contributed by atoms with Gasteiger partial charge in [0.1, 0.15) is 6.10 Å². The van der Waals surface area contributed by atoms with Crippen LogP contribution in [-0.2, 0) is 16.0 Å². The maximum absolute atomic E-state index is 12.1. The number of aryl methyl sites for hydroxylation is 1. The second kappa shape index (κ2) is 9.66. The maximum atomic E-state index is 12.1. The van der Waals surface area contributed by atoms with Gasteiger partial charge in [0.25, 0.3) is 0 Å². The molecule has 0 spiro atoms. The van der Waals surface area contributed by atoms with Crippen molar-refractivity contribution in [1.29, 1.82) is 0 Å². The molecule has 1 aromatic rings. The number of esters is 1. The van der Waals surface area contributed by atoms with Crippen LogP contribution >= 0.6 is 23.2 Å². The summed E-state index contributed by atoms with van der Waals surface area (Å²) in [5.41, 5.74) is 2.37. The Balaban J connectivity index is 1.40. The third-order valence-corrected chi connectivity index (χ3v) is 5.70. The Bertz CT molecular complexity index is 611. The molecule has 0 N–H and O–H groups in total. The van der Waals surface area contributed by atoms with Crippen LogP contribution in [0.3, 0.4) is 0 Å². The summed E-state index contributed by atoms with van der Waals surface area (Å²) >= 11 is 11.7. The summed E-state index contributed by atoms with van der Waals surface area (Å²) in [5, 5.41) is 0. The Morgan fingerprint density at radius 2 is 1.81 bits per heavy atom. The zero-order valence-corrected chi connectivity index (χ0v) is 16.6. The number of hydrogen-bond acceptors (Lipinski definition) is 3. The average Bonchev–Trinajstić information content (AvgIpc) is 3.25. The molecule has 0 amide bonds. The van der Waals surface area contributed by atoms with Crippen molar-refractivity contribution >= 4 is 34.9 Å². The first-order valence-corrected chi connectivity index (χ1v) is 10.6. The number of benzene rings is 1. The van der Waals surface area contributed by atoms with E-state index in [1.54, 1.807) is 0 Å². The van der Waals surface area contributed by atoms with Crippen LogP contribution in [0.2, 0.25) is 0 Å². The van der Waals surface area contributed by atoms with Gasteiger partial charge in [0.05, 0.1) is 0 Å². The summed E-state index contributed by atoms with van der Waals surface area (Å²) in [6, 6.07) is 8.45. The minimum atomic E-state index is -0.0528. The van der Waals surface area contributed by atoms with Crippen molar-refractivity contribution < 1.29 is 9.53 Å². The van der Waals surface area contributed by atoms with Crippen molar-refractivity contribution in [2.24, 2.45) is 11.8 Å². The first-order chi connectivity index (χ1) is 12.7. The summed E-state index contributed by atoms with van der Waals surface area (Å²) in [4.78, 5) is 14.3. The number of anilines is 1. The molecule has 0 aromatic heterocycles. The third kappa shape index (κ3) is 5.17. The van der Waals surface area contributed by atoms with Crippen LogP contribution in [0.5, 0.6) is 0 Å². The highest BCUT2D eigenvalue weighted by Gasteiger charge is 2.37. The molecule has 1 aromatic carbocycles. The van der Waals surface area contributed by atoms with Crippen LogP contribution in [0.25, 0.3) is 0 Å². The van der Waals surface area contributed by atoms with Crippen molar-refractivity contribution in [2.75, 3.05) is 29.7 Å². The van der Waals surface area contributed by atoms with Crippen LogP contribution in [-0.4, -0.2) is 36.9 Å². The molecular formula is C21H27Cl2NO2. The number of halogens is 2. The molecule has 3 nitrogen and oxygen atoms in total. The van der Waals surface area contributed by atoms with E-state index in [9.17, 15) is 4.79 Å². The molecule has 2 aliphatic rings. The number of hydrogen-bond donors (Lipinski definition) is 0. The molecule has 142 valence electrons. The number of carbonyl (C=O) groups excluding carboxylic acids is 1. The molecule has 0 aliphatic heterocycles. The van der Waals surface area contributed by atoms with Crippen molar-refractivity contribution in [2.45, 2.75) is 38.2 Å². The minimum Gasteiger partial charge on any atom is -0.462 e. The fourth-order valence-electron chi connectivity index (χ4n) is 3.98. The van der Waals surface area contributed by atoms with Gasteiger partial charge in [-0.05, 0) is 49.3 Å². The van der Waals surface area contributed by atoms with Gasteiger partial charge in [-0.25, -0.2) is 0 Å². The fraction of sp³-hybridized carbons (Fsp3) is 0.571. The van der Waals surface area contributed by atoms with E-state index in [0.717, 1.165) is 44.5 Å². The maximum Gasteiger partial charge on any atom is 0.306 e. The van der Waals surface area contributed by atoms with Crippen LogP contribution in [0.4, 0.5) is 5.69 Å². The van der Waals surface area contributed by atoms with Crippen molar-refractivity contribution in [1.82, 2.24) is 0 Å². The number of rotatable bonds is 10. The molecule has 1 saturated carbocycles. The standard InChI is InChI=1S/C21H27Cl2NO2/c22-10-12-24(13-11-23)19-8-5-16(6-9-19)2-1-3-21(25)26-20-15-17-4-7-18(20)14-17/h4-9,17-18,20H,1-3,10-15H2. The molecule has 3 unspecified atom stereocenters. The van der Waals surface area contributed by atoms with Gasteiger partial charge in [0.2, 0.25) is 0 Å². The number of nitrogens with zero attached hydrogens (tertiary/aromatic N) is 1. The molecule has 3 atom stereocenters. The predicted octanol–water partition coefficient (Wildman–Crippen LogP) is 4.80. The van der Waals surface area contributed by atoms with Crippen molar-refractivity contribution in [3.8, 4) is 0 Å². The predicted molar refractivity (Wildman–Crippen MR) is 108 cm³/mol. The van der Waals surface area contributed by atoms with E-state index in [-0.39, 0.29) is 12.1 Å². The molecule has 2 aliphatic carbocycles. The SMILES string of the molecule is O=C(CCCc1ccc(N(CCCl)CCCl)cc1)OC1CC2C=CC1C2. The Labute approximate surface area is 166 Å². The van der Waals surface area contributed by atoms with E-state index in [4.69, 9.17) is 27.9 Å². The first-order valence-electron chi connectivity index (χ1n) is 9.53. The van der Waals surface area contributed by atoms with Crippen molar-refractivity contribution in [3.05, 3.63) is 42.0 Å². The van der Waals surface area contributed by atoms with Crippen LogP contribution in [0, 0.1) is 11.8 Å². The van der Waals surface area contributed by atoms with Gasteiger partial charge in [0, 0.05) is 42.9 Å². The number of alkyl halides is 2. The Kier molecular flexibility index (Phi) is 7.27. The van der Waals surface area contributed by atoms with Gasteiger partial charge in [-0.15, -0.1) is 23.2 Å². The summed E-state index contributed by atoms with van der Waals surface area (Å²) in [5.74, 6) is 2.20. The van der Waals surface area contributed by atoms with E-state index in [2.05, 4.69) is 41.3 Å². The zero-order valence-electron chi connectivity index (χ0n) is 15.1. The van der Waals surface area contributed by atoms with E-state index in [1.165, 1.54) is 5.56 Å². The zero-order chi connectivity index (χ0) is 18.4.